The molecule has 0 aromatic heterocycles. The summed E-state index contributed by atoms with van der Waals surface area (Å²) in [4.78, 5) is 7.09. The zero-order chi connectivity index (χ0) is 53.4. The first-order valence-electron chi connectivity index (χ1n) is 28.0. The van der Waals surface area contributed by atoms with E-state index in [1.54, 1.807) is 0 Å². The van der Waals surface area contributed by atoms with Crippen molar-refractivity contribution in [1.29, 1.82) is 0 Å². The summed E-state index contributed by atoms with van der Waals surface area (Å²) in [5.41, 5.74) is 23.9. The Kier molecular flexibility index (Phi) is 12.6. The van der Waals surface area contributed by atoms with Gasteiger partial charge in [0.05, 0.1) is 5.41 Å². The fourth-order valence-corrected chi connectivity index (χ4v) is 13.1. The second-order valence-electron chi connectivity index (χ2n) is 21.3. The highest BCUT2D eigenvalue weighted by Crippen LogP contribution is 2.64. The third-order valence-electron chi connectivity index (χ3n) is 16.8. The lowest BCUT2D eigenvalue weighted by Crippen LogP contribution is -2.26. The molecule has 0 amide bonds. The Hall–Kier alpha value is -9.96. The van der Waals surface area contributed by atoms with Crippen molar-refractivity contribution in [2.45, 2.75) is 30.6 Å². The first-order chi connectivity index (χ1) is 39.6. The molecular weight excluding hydrogens is 967 g/mol. The van der Waals surface area contributed by atoms with Gasteiger partial charge >= 0.3 is 0 Å². The predicted molar refractivity (Wildman–Crippen MR) is 335 cm³/mol. The number of hydrogen-bond donors (Lipinski definition) is 0. The molecule has 0 saturated carbocycles. The van der Waals surface area contributed by atoms with Crippen molar-refractivity contribution in [3.05, 3.63) is 354 Å². The molecule has 2 aliphatic rings. The zero-order valence-electron chi connectivity index (χ0n) is 44.7. The SMILES string of the molecule is CC(c1ccc(N(c2ccccc2)c2ccccc2)cc1)C(Cc1ccccc1)c1ccc2c(c1)C1(c3ccccc3-c3ccccc31)c1cc(N(c3ccccc3)c3ccc(N(c4ccccc4)c4ccccc4)cc3)ccc1-2. The molecule has 3 nitrogen and oxygen atoms in total. The molecule has 0 aliphatic heterocycles. The van der Waals surface area contributed by atoms with Crippen LogP contribution >= 0.6 is 0 Å². The third kappa shape index (κ3) is 8.47. The summed E-state index contributed by atoms with van der Waals surface area (Å²) in [5, 5.41) is 0. The number of nitrogens with zero attached hydrogens (tertiary/aromatic N) is 3. The van der Waals surface area contributed by atoms with Gasteiger partial charge in [-0.2, -0.15) is 0 Å². The fourth-order valence-electron chi connectivity index (χ4n) is 13.1. The van der Waals surface area contributed by atoms with Crippen LogP contribution < -0.4 is 14.7 Å². The summed E-state index contributed by atoms with van der Waals surface area (Å²) in [7, 11) is 0. The van der Waals surface area contributed by atoms with Crippen LogP contribution in [0.2, 0.25) is 0 Å². The van der Waals surface area contributed by atoms with Gasteiger partial charge in [0.15, 0.2) is 0 Å². The minimum absolute atomic E-state index is 0.173. The second kappa shape index (κ2) is 20.8. The summed E-state index contributed by atoms with van der Waals surface area (Å²) in [6.45, 7) is 2.44. The lowest BCUT2D eigenvalue weighted by Gasteiger charge is -2.33. The summed E-state index contributed by atoms with van der Waals surface area (Å²) >= 11 is 0. The highest BCUT2D eigenvalue weighted by atomic mass is 15.2. The number of benzene rings is 12. The maximum Gasteiger partial charge on any atom is 0.0726 e. The van der Waals surface area contributed by atoms with E-state index in [2.05, 4.69) is 337 Å². The smallest absolute Gasteiger partial charge is 0.0726 e. The zero-order valence-corrected chi connectivity index (χ0v) is 44.7. The summed E-state index contributed by atoms with van der Waals surface area (Å²) in [6.07, 6.45) is 0.902. The molecule has 3 heteroatoms. The molecule has 382 valence electrons. The van der Waals surface area contributed by atoms with Crippen LogP contribution in [0, 0.1) is 0 Å². The van der Waals surface area contributed by atoms with E-state index in [9.17, 15) is 0 Å². The van der Waals surface area contributed by atoms with Crippen molar-refractivity contribution in [3.8, 4) is 22.3 Å². The van der Waals surface area contributed by atoms with Crippen LogP contribution in [0.15, 0.2) is 315 Å². The van der Waals surface area contributed by atoms with Crippen LogP contribution in [-0.2, 0) is 11.8 Å². The second-order valence-corrected chi connectivity index (χ2v) is 21.3. The maximum absolute atomic E-state index is 2.61. The molecule has 2 unspecified atom stereocenters. The number of anilines is 9. The van der Waals surface area contributed by atoms with Crippen LogP contribution in [0.3, 0.4) is 0 Å². The number of hydrogen-bond acceptors (Lipinski definition) is 3. The van der Waals surface area contributed by atoms with Crippen molar-refractivity contribution in [2.75, 3.05) is 14.7 Å². The first kappa shape index (κ1) is 48.4. The van der Waals surface area contributed by atoms with Crippen LogP contribution in [0.4, 0.5) is 51.2 Å². The Morgan fingerprint density at radius 2 is 0.562 bits per heavy atom. The molecule has 0 fully saturated rings. The lowest BCUT2D eigenvalue weighted by molar-refractivity contribution is 0.571. The molecule has 2 aliphatic carbocycles. The van der Waals surface area contributed by atoms with E-state index < -0.39 is 5.41 Å². The predicted octanol–water partition coefficient (Wildman–Crippen LogP) is 20.6. The fraction of sp³-hybridized carbons (Fsp3) is 0.0649. The highest BCUT2D eigenvalue weighted by molar-refractivity contribution is 5.96. The van der Waals surface area contributed by atoms with Gasteiger partial charge < -0.3 is 14.7 Å². The van der Waals surface area contributed by atoms with Gasteiger partial charge in [-0.1, -0.05) is 213 Å². The van der Waals surface area contributed by atoms with E-state index in [-0.39, 0.29) is 11.8 Å². The molecule has 14 rings (SSSR count). The Bertz CT molecular complexity index is 3970. The van der Waals surface area contributed by atoms with E-state index >= 15 is 0 Å². The van der Waals surface area contributed by atoms with Crippen LogP contribution in [0.5, 0.6) is 0 Å². The average molecular weight is 1030 g/mol. The molecule has 0 radical (unpaired) electrons. The molecule has 0 heterocycles. The molecule has 0 saturated heterocycles. The Morgan fingerprint density at radius 3 is 1.00 bits per heavy atom. The van der Waals surface area contributed by atoms with Crippen molar-refractivity contribution >= 4 is 51.2 Å². The molecule has 2 atom stereocenters. The van der Waals surface area contributed by atoms with Gasteiger partial charge in [-0.3, -0.25) is 0 Å². The quantitative estimate of drug-likeness (QED) is 0.107. The van der Waals surface area contributed by atoms with Crippen LogP contribution in [-0.4, -0.2) is 0 Å². The topological polar surface area (TPSA) is 9.72 Å². The van der Waals surface area contributed by atoms with Gasteiger partial charge in [-0.05, 0) is 189 Å². The minimum Gasteiger partial charge on any atom is -0.311 e. The Balaban J connectivity index is 0.901. The van der Waals surface area contributed by atoms with Crippen molar-refractivity contribution in [2.24, 2.45) is 0 Å². The van der Waals surface area contributed by atoms with Gasteiger partial charge in [-0.15, -0.1) is 0 Å². The lowest BCUT2D eigenvalue weighted by atomic mass is 9.69. The van der Waals surface area contributed by atoms with Gasteiger partial charge in [0.1, 0.15) is 0 Å². The number of rotatable bonds is 14. The van der Waals surface area contributed by atoms with Gasteiger partial charge in [-0.25, -0.2) is 0 Å². The van der Waals surface area contributed by atoms with E-state index in [1.807, 2.05) is 0 Å². The summed E-state index contributed by atoms with van der Waals surface area (Å²) < 4.78 is 0. The molecule has 0 N–H and O–H groups in total. The number of para-hydroxylation sites is 5. The Morgan fingerprint density at radius 1 is 0.263 bits per heavy atom. The third-order valence-corrected chi connectivity index (χ3v) is 16.8. The van der Waals surface area contributed by atoms with Crippen LogP contribution in [0.25, 0.3) is 22.3 Å². The molecule has 80 heavy (non-hydrogen) atoms. The summed E-state index contributed by atoms with van der Waals surface area (Å²) in [5.74, 6) is 0.365. The molecule has 1 spiro atoms. The van der Waals surface area contributed by atoms with E-state index in [0.717, 1.165) is 57.6 Å². The monoisotopic (exact) mass is 1030 g/mol. The molecule has 12 aromatic carbocycles. The number of fused-ring (bicyclic) bond motifs is 10. The van der Waals surface area contributed by atoms with Crippen molar-refractivity contribution < 1.29 is 0 Å². The molecule has 0 bridgehead atoms. The van der Waals surface area contributed by atoms with Gasteiger partial charge in [0.2, 0.25) is 0 Å². The first-order valence-corrected chi connectivity index (χ1v) is 28.0. The van der Waals surface area contributed by atoms with E-state index in [0.29, 0.717) is 0 Å². The maximum atomic E-state index is 2.61. The highest BCUT2D eigenvalue weighted by Gasteiger charge is 2.52. The minimum atomic E-state index is -0.567. The van der Waals surface area contributed by atoms with Crippen molar-refractivity contribution in [3.63, 3.8) is 0 Å². The normalized spacial score (nSPS) is 13.1. The summed E-state index contributed by atoms with van der Waals surface area (Å²) in [6, 6.07) is 116. The Labute approximate surface area is 470 Å². The van der Waals surface area contributed by atoms with E-state index in [4.69, 9.17) is 0 Å². The van der Waals surface area contributed by atoms with Gasteiger partial charge in [0, 0.05) is 51.2 Å². The van der Waals surface area contributed by atoms with Crippen molar-refractivity contribution in [1.82, 2.24) is 0 Å². The standard InChI is InChI=1S/C77H59N3/c1-55(57-40-43-64(44-41-57)78(59-26-10-3-11-27-59)60-28-12-4-13-29-60)72(52-56-24-8-2-9-25-56)58-42-50-70-71-51-49-67(54-76(71)77(75(70)53-58)73-38-22-20-36-68(73)69-37-21-23-39-74(69)77)80(63-34-18-7-19-35-63)66-47-45-65(46-48-66)79(61-30-14-5-15-31-61)62-32-16-6-17-33-62/h2-51,53-55,72H,52H2,1H3. The average Bonchev–Trinajstić information content (AvgIpc) is 3.26. The molecular formula is C77H59N3. The molecule has 12 aromatic rings. The van der Waals surface area contributed by atoms with Gasteiger partial charge in [0.25, 0.3) is 0 Å². The van der Waals surface area contributed by atoms with E-state index in [1.165, 1.54) is 61.2 Å². The van der Waals surface area contributed by atoms with Crippen LogP contribution in [0.1, 0.15) is 57.7 Å². The largest absolute Gasteiger partial charge is 0.311 e.